The lowest BCUT2D eigenvalue weighted by Crippen LogP contribution is -2.13. The maximum atomic E-state index is 12.1. The van der Waals surface area contributed by atoms with Gasteiger partial charge in [-0.2, -0.15) is 0 Å². The first-order valence-electron chi connectivity index (χ1n) is 7.70. The lowest BCUT2D eigenvalue weighted by molar-refractivity contribution is -0.116. The van der Waals surface area contributed by atoms with Crippen molar-refractivity contribution in [2.45, 2.75) is 39.5 Å². The second kappa shape index (κ2) is 8.59. The van der Waals surface area contributed by atoms with Crippen molar-refractivity contribution in [2.24, 2.45) is 0 Å². The minimum Gasteiger partial charge on any atom is -0.399 e. The minimum absolute atomic E-state index is 0. The number of nitrogens with one attached hydrogen (secondary N) is 1. The number of anilines is 2. The molecule has 0 fully saturated rings. The van der Waals surface area contributed by atoms with Crippen LogP contribution in [0, 0.1) is 6.92 Å². The molecule has 0 heterocycles. The van der Waals surface area contributed by atoms with Crippen molar-refractivity contribution in [1.29, 1.82) is 0 Å². The number of aryl methyl sites for hydroxylation is 2. The molecular weight excluding hydrogens is 308 g/mol. The Morgan fingerprint density at radius 2 is 1.78 bits per heavy atom. The van der Waals surface area contributed by atoms with Crippen LogP contribution in [-0.4, -0.2) is 5.91 Å². The molecule has 0 aromatic heterocycles. The monoisotopic (exact) mass is 332 g/mol. The Kier molecular flexibility index (Phi) is 7.11. The summed E-state index contributed by atoms with van der Waals surface area (Å²) in [5, 5.41) is 2.93. The standard InChI is InChI=1S/C19H24N2O.ClH/c1-13(2)16-8-5-15(6-9-16)7-11-19(22)21-18-12-17(20)10-4-14(18)3;/h4-6,8-10,12-13H,7,11,20H2,1-3H3,(H,21,22);1H. The number of halogens is 1. The predicted molar refractivity (Wildman–Crippen MR) is 100 cm³/mol. The van der Waals surface area contributed by atoms with Gasteiger partial charge in [-0.05, 0) is 48.1 Å². The maximum Gasteiger partial charge on any atom is 0.224 e. The van der Waals surface area contributed by atoms with E-state index in [0.717, 1.165) is 17.7 Å². The summed E-state index contributed by atoms with van der Waals surface area (Å²) in [5.41, 5.74) is 10.7. The van der Waals surface area contributed by atoms with Gasteiger partial charge < -0.3 is 11.1 Å². The summed E-state index contributed by atoms with van der Waals surface area (Å²) in [7, 11) is 0. The third kappa shape index (κ3) is 5.61. The summed E-state index contributed by atoms with van der Waals surface area (Å²) in [6.45, 7) is 6.31. The van der Waals surface area contributed by atoms with Crippen molar-refractivity contribution in [3.8, 4) is 0 Å². The molecule has 0 aliphatic heterocycles. The molecule has 0 aliphatic carbocycles. The molecule has 0 saturated heterocycles. The minimum atomic E-state index is 0. The summed E-state index contributed by atoms with van der Waals surface area (Å²) in [5.74, 6) is 0.547. The first-order chi connectivity index (χ1) is 10.5. The Morgan fingerprint density at radius 1 is 1.13 bits per heavy atom. The van der Waals surface area contributed by atoms with E-state index in [2.05, 4.69) is 43.4 Å². The van der Waals surface area contributed by atoms with Gasteiger partial charge >= 0.3 is 0 Å². The summed E-state index contributed by atoms with van der Waals surface area (Å²) in [6.07, 6.45) is 1.21. The van der Waals surface area contributed by atoms with Gasteiger partial charge in [0, 0.05) is 17.8 Å². The number of hydrogen-bond donors (Lipinski definition) is 2. The zero-order valence-corrected chi connectivity index (χ0v) is 14.7. The van der Waals surface area contributed by atoms with Crippen LogP contribution in [0.4, 0.5) is 11.4 Å². The topological polar surface area (TPSA) is 55.1 Å². The highest BCUT2D eigenvalue weighted by Gasteiger charge is 2.06. The molecule has 0 saturated carbocycles. The Labute approximate surface area is 144 Å². The highest BCUT2D eigenvalue weighted by atomic mass is 35.5. The molecule has 4 heteroatoms. The van der Waals surface area contributed by atoms with Crippen LogP contribution in [0.15, 0.2) is 42.5 Å². The van der Waals surface area contributed by atoms with Crippen molar-refractivity contribution < 1.29 is 4.79 Å². The van der Waals surface area contributed by atoms with Crippen molar-refractivity contribution in [3.63, 3.8) is 0 Å². The molecule has 3 nitrogen and oxygen atoms in total. The largest absolute Gasteiger partial charge is 0.399 e. The van der Waals surface area contributed by atoms with Crippen molar-refractivity contribution >= 4 is 29.7 Å². The third-order valence-corrected chi connectivity index (χ3v) is 3.82. The van der Waals surface area contributed by atoms with Gasteiger partial charge in [-0.3, -0.25) is 4.79 Å². The highest BCUT2D eigenvalue weighted by molar-refractivity contribution is 5.92. The SMILES string of the molecule is Cc1ccc(N)cc1NC(=O)CCc1ccc(C(C)C)cc1.Cl. The summed E-state index contributed by atoms with van der Waals surface area (Å²) in [6, 6.07) is 14.0. The zero-order valence-electron chi connectivity index (χ0n) is 13.9. The Hall–Kier alpha value is -2.00. The van der Waals surface area contributed by atoms with Gasteiger partial charge in [0.1, 0.15) is 0 Å². The molecule has 124 valence electrons. The molecule has 2 rings (SSSR count). The molecule has 3 N–H and O–H groups in total. The van der Waals surface area contributed by atoms with E-state index >= 15 is 0 Å². The average Bonchev–Trinajstić information content (AvgIpc) is 2.49. The number of benzene rings is 2. The number of hydrogen-bond acceptors (Lipinski definition) is 2. The first kappa shape index (κ1) is 19.0. The van der Waals surface area contributed by atoms with Gasteiger partial charge in [0.05, 0.1) is 0 Å². The molecule has 0 aliphatic rings. The normalized spacial score (nSPS) is 10.3. The molecular formula is C19H25ClN2O. The molecule has 2 aromatic carbocycles. The predicted octanol–water partition coefficient (Wildman–Crippen LogP) is 4.69. The quantitative estimate of drug-likeness (QED) is 0.780. The Bertz CT molecular complexity index is 651. The van der Waals surface area contributed by atoms with Gasteiger partial charge in [-0.15, -0.1) is 12.4 Å². The van der Waals surface area contributed by atoms with Crippen LogP contribution in [0.3, 0.4) is 0 Å². The summed E-state index contributed by atoms with van der Waals surface area (Å²) >= 11 is 0. The number of carbonyl (C=O) groups excluding carboxylic acids is 1. The molecule has 2 aromatic rings. The van der Waals surface area contributed by atoms with Crippen LogP contribution in [-0.2, 0) is 11.2 Å². The van der Waals surface area contributed by atoms with Gasteiger partial charge in [-0.25, -0.2) is 0 Å². The van der Waals surface area contributed by atoms with Gasteiger partial charge in [0.15, 0.2) is 0 Å². The van der Waals surface area contributed by atoms with E-state index in [4.69, 9.17) is 5.73 Å². The van der Waals surface area contributed by atoms with Gasteiger partial charge in [0.25, 0.3) is 0 Å². The smallest absolute Gasteiger partial charge is 0.224 e. The summed E-state index contributed by atoms with van der Waals surface area (Å²) < 4.78 is 0. The number of rotatable bonds is 5. The van der Waals surface area contributed by atoms with E-state index in [9.17, 15) is 4.79 Å². The molecule has 0 atom stereocenters. The second-order valence-electron chi connectivity index (χ2n) is 6.02. The van der Waals surface area contributed by atoms with Gasteiger partial charge in [-0.1, -0.05) is 44.2 Å². The molecule has 23 heavy (non-hydrogen) atoms. The third-order valence-electron chi connectivity index (χ3n) is 3.82. The van der Waals surface area contributed by atoms with E-state index < -0.39 is 0 Å². The van der Waals surface area contributed by atoms with Crippen molar-refractivity contribution in [2.75, 3.05) is 11.1 Å². The molecule has 0 radical (unpaired) electrons. The van der Waals surface area contributed by atoms with Crippen molar-refractivity contribution in [3.05, 3.63) is 59.2 Å². The van der Waals surface area contributed by atoms with E-state index in [1.165, 1.54) is 11.1 Å². The number of nitrogen functional groups attached to an aromatic ring is 1. The van der Waals surface area contributed by atoms with E-state index in [-0.39, 0.29) is 18.3 Å². The van der Waals surface area contributed by atoms with Crippen LogP contribution in [0.2, 0.25) is 0 Å². The first-order valence-corrected chi connectivity index (χ1v) is 7.70. The molecule has 0 bridgehead atoms. The Morgan fingerprint density at radius 3 is 2.39 bits per heavy atom. The highest BCUT2D eigenvalue weighted by Crippen LogP contribution is 2.19. The lowest BCUT2D eigenvalue weighted by atomic mass is 10.0. The average molecular weight is 333 g/mol. The van der Waals surface area contributed by atoms with Crippen LogP contribution in [0.25, 0.3) is 0 Å². The van der Waals surface area contributed by atoms with E-state index in [0.29, 0.717) is 18.0 Å². The van der Waals surface area contributed by atoms with E-state index in [1.807, 2.05) is 19.1 Å². The maximum absolute atomic E-state index is 12.1. The van der Waals surface area contributed by atoms with Gasteiger partial charge in [0.2, 0.25) is 5.91 Å². The number of amides is 1. The lowest BCUT2D eigenvalue weighted by Gasteiger charge is -2.10. The fraction of sp³-hybridized carbons (Fsp3) is 0.316. The number of nitrogens with two attached hydrogens (primary N) is 1. The van der Waals surface area contributed by atoms with E-state index in [1.54, 1.807) is 6.07 Å². The second-order valence-corrected chi connectivity index (χ2v) is 6.02. The fourth-order valence-corrected chi connectivity index (χ4v) is 2.31. The molecule has 1 amide bonds. The fourth-order valence-electron chi connectivity index (χ4n) is 2.31. The van der Waals surface area contributed by atoms with Crippen LogP contribution >= 0.6 is 12.4 Å². The zero-order chi connectivity index (χ0) is 16.1. The molecule has 0 spiro atoms. The Balaban J connectivity index is 0.00000264. The van der Waals surface area contributed by atoms with Crippen LogP contribution < -0.4 is 11.1 Å². The summed E-state index contributed by atoms with van der Waals surface area (Å²) in [4.78, 5) is 12.1. The van der Waals surface area contributed by atoms with Crippen molar-refractivity contribution in [1.82, 2.24) is 0 Å². The number of carbonyl (C=O) groups is 1. The van der Waals surface area contributed by atoms with Crippen LogP contribution in [0.1, 0.15) is 42.9 Å². The van der Waals surface area contributed by atoms with Crippen LogP contribution in [0.5, 0.6) is 0 Å². The molecule has 0 unspecified atom stereocenters.